The number of hydrogen-bond donors (Lipinski definition) is 0. The molecule has 2 aromatic carbocycles. The maximum Gasteiger partial charge on any atom is 0.312 e. The Morgan fingerprint density at radius 2 is 1.27 bits per heavy atom. The maximum atomic E-state index is 5.99. The van der Waals surface area contributed by atoms with Crippen molar-refractivity contribution in [2.75, 3.05) is 19.8 Å². The number of rotatable bonds is 2. The monoisotopic (exact) mass is 316 g/mol. The molecule has 3 fully saturated rings. The van der Waals surface area contributed by atoms with E-state index in [1.807, 2.05) is 24.3 Å². The Hall–Kier alpha value is -1.39. The fourth-order valence-corrected chi connectivity index (χ4v) is 3.14. The minimum atomic E-state index is -1.09. The number of ether oxygens (including phenoxy) is 3. The first-order valence-electron chi connectivity index (χ1n) is 7.37. The zero-order valence-electron chi connectivity index (χ0n) is 12.3. The van der Waals surface area contributed by atoms with Gasteiger partial charge in [-0.05, 0) is 36.8 Å². The number of benzene rings is 2. The molecule has 0 unspecified atom stereocenters. The number of aryl methyl sites for hydroxylation is 1. The van der Waals surface area contributed by atoms with Crippen molar-refractivity contribution in [2.45, 2.75) is 18.3 Å². The first-order chi connectivity index (χ1) is 10.6. The standard InChI is InChI=1S/C18H17ClO3/c1-13-2-4-14(5-3-13)17-10-20-18(21-11-17,22-12-17)15-6-8-16(19)9-7-15/h2-9H,10-12H2,1H3. The lowest BCUT2D eigenvalue weighted by Gasteiger charge is -2.52. The van der Waals surface area contributed by atoms with E-state index in [9.17, 15) is 0 Å². The van der Waals surface area contributed by atoms with Crippen molar-refractivity contribution in [3.05, 3.63) is 70.2 Å². The van der Waals surface area contributed by atoms with Crippen LogP contribution in [0.5, 0.6) is 0 Å². The fraction of sp³-hybridized carbons (Fsp3) is 0.333. The second-order valence-electron chi connectivity index (χ2n) is 6.08. The molecule has 3 aliphatic heterocycles. The third-order valence-corrected chi connectivity index (χ3v) is 4.73. The van der Waals surface area contributed by atoms with E-state index in [0.717, 1.165) is 5.56 Å². The minimum absolute atomic E-state index is 0.220. The van der Waals surface area contributed by atoms with Gasteiger partial charge < -0.3 is 14.2 Å². The summed E-state index contributed by atoms with van der Waals surface area (Å²) in [6, 6.07) is 15.9. The molecule has 22 heavy (non-hydrogen) atoms. The van der Waals surface area contributed by atoms with Crippen molar-refractivity contribution in [3.63, 3.8) is 0 Å². The molecule has 0 N–H and O–H groups in total. The summed E-state index contributed by atoms with van der Waals surface area (Å²) in [6.45, 7) is 3.83. The van der Waals surface area contributed by atoms with Gasteiger partial charge >= 0.3 is 5.97 Å². The van der Waals surface area contributed by atoms with Crippen LogP contribution in [0.2, 0.25) is 5.02 Å². The SMILES string of the molecule is Cc1ccc(C23COC(c4ccc(Cl)cc4)(OC2)OC3)cc1. The summed E-state index contributed by atoms with van der Waals surface area (Å²) in [5, 5.41) is 0.681. The van der Waals surface area contributed by atoms with E-state index in [1.54, 1.807) is 0 Å². The summed E-state index contributed by atoms with van der Waals surface area (Å²) < 4.78 is 18.0. The van der Waals surface area contributed by atoms with Gasteiger partial charge in [0.25, 0.3) is 0 Å². The van der Waals surface area contributed by atoms with E-state index >= 15 is 0 Å². The van der Waals surface area contributed by atoms with E-state index in [4.69, 9.17) is 25.8 Å². The van der Waals surface area contributed by atoms with Gasteiger partial charge in [-0.2, -0.15) is 0 Å². The molecule has 4 heteroatoms. The summed E-state index contributed by atoms with van der Waals surface area (Å²) in [7, 11) is 0. The second-order valence-corrected chi connectivity index (χ2v) is 6.51. The highest BCUT2D eigenvalue weighted by atomic mass is 35.5. The van der Waals surface area contributed by atoms with E-state index in [-0.39, 0.29) is 5.41 Å². The molecule has 3 heterocycles. The summed E-state index contributed by atoms with van der Waals surface area (Å²) in [5.74, 6) is -1.09. The largest absolute Gasteiger partial charge is 0.322 e. The Morgan fingerprint density at radius 3 is 1.82 bits per heavy atom. The predicted molar refractivity (Wildman–Crippen MR) is 83.8 cm³/mol. The first-order valence-corrected chi connectivity index (χ1v) is 7.75. The third-order valence-electron chi connectivity index (χ3n) is 4.48. The molecule has 0 spiro atoms. The van der Waals surface area contributed by atoms with Gasteiger partial charge in [0.2, 0.25) is 0 Å². The lowest BCUT2D eigenvalue weighted by Crippen LogP contribution is -2.60. The molecule has 0 radical (unpaired) electrons. The van der Waals surface area contributed by atoms with Crippen molar-refractivity contribution in [1.29, 1.82) is 0 Å². The van der Waals surface area contributed by atoms with Gasteiger partial charge in [0.15, 0.2) is 0 Å². The van der Waals surface area contributed by atoms with Crippen molar-refractivity contribution in [3.8, 4) is 0 Å². The zero-order valence-corrected chi connectivity index (χ0v) is 13.1. The molecule has 5 rings (SSSR count). The van der Waals surface area contributed by atoms with Crippen LogP contribution in [-0.4, -0.2) is 19.8 Å². The average Bonchev–Trinajstić information content (AvgIpc) is 2.57. The minimum Gasteiger partial charge on any atom is -0.322 e. The number of fused-ring (bicyclic) bond motifs is 3. The Bertz CT molecular complexity index is 592. The molecule has 0 atom stereocenters. The van der Waals surface area contributed by atoms with Crippen LogP contribution in [0.1, 0.15) is 16.7 Å². The quantitative estimate of drug-likeness (QED) is 0.844. The van der Waals surface area contributed by atoms with E-state index in [1.165, 1.54) is 11.1 Å². The van der Waals surface area contributed by atoms with Crippen LogP contribution in [0.4, 0.5) is 0 Å². The Labute approximate surface area is 134 Å². The Balaban J connectivity index is 1.61. The van der Waals surface area contributed by atoms with Crippen LogP contribution < -0.4 is 0 Å². The molecule has 0 amide bonds. The highest BCUT2D eigenvalue weighted by Gasteiger charge is 2.54. The van der Waals surface area contributed by atoms with Gasteiger partial charge in [-0.3, -0.25) is 0 Å². The summed E-state index contributed by atoms with van der Waals surface area (Å²) in [5.41, 5.74) is 3.06. The smallest absolute Gasteiger partial charge is 0.312 e. The highest BCUT2D eigenvalue weighted by Crippen LogP contribution is 2.45. The fourth-order valence-electron chi connectivity index (χ4n) is 3.01. The summed E-state index contributed by atoms with van der Waals surface area (Å²) in [4.78, 5) is 0. The zero-order chi connectivity index (χ0) is 15.2. The van der Waals surface area contributed by atoms with Crippen LogP contribution in [0.3, 0.4) is 0 Å². The van der Waals surface area contributed by atoms with Crippen LogP contribution in [0.25, 0.3) is 0 Å². The van der Waals surface area contributed by atoms with Gasteiger partial charge in [-0.25, -0.2) is 0 Å². The molecule has 0 saturated carbocycles. The topological polar surface area (TPSA) is 27.7 Å². The van der Waals surface area contributed by atoms with E-state index in [0.29, 0.717) is 24.8 Å². The van der Waals surface area contributed by atoms with Crippen LogP contribution >= 0.6 is 11.6 Å². The van der Waals surface area contributed by atoms with E-state index in [2.05, 4.69) is 31.2 Å². The van der Waals surface area contributed by atoms with Gasteiger partial charge in [0.1, 0.15) is 0 Å². The molecule has 2 bridgehead atoms. The molecular weight excluding hydrogens is 300 g/mol. The van der Waals surface area contributed by atoms with Gasteiger partial charge in [-0.15, -0.1) is 0 Å². The Kier molecular flexibility index (Phi) is 3.27. The van der Waals surface area contributed by atoms with Gasteiger partial charge in [-0.1, -0.05) is 41.4 Å². The van der Waals surface area contributed by atoms with Crippen molar-refractivity contribution in [1.82, 2.24) is 0 Å². The molecule has 114 valence electrons. The van der Waals surface area contributed by atoms with Crippen molar-refractivity contribution in [2.24, 2.45) is 0 Å². The van der Waals surface area contributed by atoms with E-state index < -0.39 is 5.97 Å². The molecule has 0 aromatic heterocycles. The number of hydrogen-bond acceptors (Lipinski definition) is 3. The Morgan fingerprint density at radius 1 is 0.773 bits per heavy atom. The van der Waals surface area contributed by atoms with Crippen LogP contribution in [0, 0.1) is 6.92 Å². The predicted octanol–water partition coefficient (Wildman–Crippen LogP) is 3.77. The molecule has 2 aromatic rings. The average molecular weight is 317 g/mol. The van der Waals surface area contributed by atoms with Crippen LogP contribution in [-0.2, 0) is 25.6 Å². The lowest BCUT2D eigenvalue weighted by atomic mass is 9.80. The highest BCUT2D eigenvalue weighted by molar-refractivity contribution is 6.30. The summed E-state index contributed by atoms with van der Waals surface area (Å²) in [6.07, 6.45) is 0. The molecule has 3 aliphatic rings. The third kappa shape index (κ3) is 2.17. The maximum absolute atomic E-state index is 5.99. The second kappa shape index (κ2) is 5.07. The molecule has 0 aliphatic carbocycles. The lowest BCUT2D eigenvalue weighted by molar-refractivity contribution is -0.466. The molecule has 3 saturated heterocycles. The molecule has 3 nitrogen and oxygen atoms in total. The van der Waals surface area contributed by atoms with Crippen molar-refractivity contribution < 1.29 is 14.2 Å². The first kappa shape index (κ1) is 14.2. The molecular formula is C18H17ClO3. The van der Waals surface area contributed by atoms with Gasteiger partial charge in [0, 0.05) is 10.6 Å². The normalized spacial score (nSPS) is 30.5. The van der Waals surface area contributed by atoms with Crippen LogP contribution in [0.15, 0.2) is 48.5 Å². The van der Waals surface area contributed by atoms with Gasteiger partial charge in [0.05, 0.1) is 25.2 Å². The number of halogens is 1. The summed E-state index contributed by atoms with van der Waals surface area (Å²) >= 11 is 5.94. The van der Waals surface area contributed by atoms with Crippen molar-refractivity contribution >= 4 is 11.6 Å².